The van der Waals surface area contributed by atoms with Crippen LogP contribution in [0.25, 0.3) is 10.2 Å². The van der Waals surface area contributed by atoms with Gasteiger partial charge in [-0.2, -0.15) is 5.10 Å². The first-order chi connectivity index (χ1) is 10.8. The molecule has 0 radical (unpaired) electrons. The Labute approximate surface area is 130 Å². The lowest BCUT2D eigenvalue weighted by Crippen LogP contribution is -2.37. The van der Waals surface area contributed by atoms with Gasteiger partial charge >= 0.3 is 0 Å². The molecule has 2 atom stereocenters. The predicted octanol–water partition coefficient (Wildman–Crippen LogP) is 2.28. The number of ether oxygens (including phenoxy) is 1. The highest BCUT2D eigenvalue weighted by Crippen LogP contribution is 2.28. The summed E-state index contributed by atoms with van der Waals surface area (Å²) in [5.74, 6) is -0.122. The van der Waals surface area contributed by atoms with Crippen LogP contribution in [0.2, 0.25) is 0 Å². The number of fused-ring (bicyclic) bond motifs is 1. The van der Waals surface area contributed by atoms with E-state index in [4.69, 9.17) is 4.74 Å². The van der Waals surface area contributed by atoms with Gasteiger partial charge in [0.2, 0.25) is 0 Å². The molecule has 2 N–H and O–H groups in total. The number of aromatic nitrogens is 3. The number of carbonyl (C=O) groups excluding carboxylic acids is 1. The molecule has 1 amide bonds. The van der Waals surface area contributed by atoms with E-state index in [-0.39, 0.29) is 18.1 Å². The van der Waals surface area contributed by atoms with Crippen molar-refractivity contribution in [3.05, 3.63) is 47.2 Å². The summed E-state index contributed by atoms with van der Waals surface area (Å²) in [6.45, 7) is 0.622. The van der Waals surface area contributed by atoms with E-state index < -0.39 is 0 Å². The molecule has 0 aliphatic carbocycles. The van der Waals surface area contributed by atoms with Gasteiger partial charge in [-0.25, -0.2) is 0 Å². The maximum absolute atomic E-state index is 12.5. The van der Waals surface area contributed by atoms with E-state index in [0.29, 0.717) is 12.2 Å². The molecule has 7 heteroatoms. The van der Waals surface area contributed by atoms with Gasteiger partial charge < -0.3 is 10.1 Å². The van der Waals surface area contributed by atoms with E-state index in [1.807, 2.05) is 23.6 Å². The Kier molecular flexibility index (Phi) is 3.36. The molecular weight excluding hydrogens is 300 g/mol. The second-order valence-corrected chi connectivity index (χ2v) is 6.15. The highest BCUT2D eigenvalue weighted by molar-refractivity contribution is 7.17. The van der Waals surface area contributed by atoms with E-state index in [2.05, 4.69) is 20.5 Å². The zero-order valence-corrected chi connectivity index (χ0v) is 12.5. The standard InChI is InChI=1S/C15H14N4O2S/c20-15(9-7-13-10(16-8-9)3-6-22-13)18-11-2-5-21-14(11)12-1-4-17-19-12/h1,3-4,6-8,11,14H,2,5H2,(H,17,19)(H,18,20)/t11-,14-/m0/s1. The second-order valence-electron chi connectivity index (χ2n) is 5.20. The molecule has 0 bridgehead atoms. The van der Waals surface area contributed by atoms with Gasteiger partial charge in [-0.1, -0.05) is 0 Å². The van der Waals surface area contributed by atoms with Crippen LogP contribution in [-0.4, -0.2) is 33.7 Å². The molecule has 3 aromatic rings. The Bertz CT molecular complexity index is 799. The third kappa shape index (κ3) is 2.38. The van der Waals surface area contributed by atoms with Crippen molar-refractivity contribution in [3.8, 4) is 0 Å². The third-order valence-corrected chi connectivity index (χ3v) is 4.65. The number of pyridine rings is 1. The van der Waals surface area contributed by atoms with Crippen LogP contribution in [0.1, 0.15) is 28.6 Å². The summed E-state index contributed by atoms with van der Waals surface area (Å²) >= 11 is 1.58. The van der Waals surface area contributed by atoms with Crippen molar-refractivity contribution in [2.75, 3.05) is 6.61 Å². The van der Waals surface area contributed by atoms with Gasteiger partial charge in [0.05, 0.1) is 27.5 Å². The molecule has 112 valence electrons. The Morgan fingerprint density at radius 3 is 3.27 bits per heavy atom. The molecule has 0 saturated carbocycles. The predicted molar refractivity (Wildman–Crippen MR) is 82.8 cm³/mol. The van der Waals surface area contributed by atoms with Crippen molar-refractivity contribution in [1.29, 1.82) is 0 Å². The number of nitrogens with zero attached hydrogens (tertiary/aromatic N) is 2. The fraction of sp³-hybridized carbons (Fsp3) is 0.267. The quantitative estimate of drug-likeness (QED) is 0.777. The lowest BCUT2D eigenvalue weighted by molar-refractivity contribution is 0.0807. The van der Waals surface area contributed by atoms with Crippen LogP contribution >= 0.6 is 11.3 Å². The number of carbonyl (C=O) groups is 1. The summed E-state index contributed by atoms with van der Waals surface area (Å²) in [5.41, 5.74) is 2.38. The third-order valence-electron chi connectivity index (χ3n) is 3.80. The molecule has 1 aliphatic rings. The molecule has 1 saturated heterocycles. The number of thiophene rings is 1. The monoisotopic (exact) mass is 314 g/mol. The zero-order valence-electron chi connectivity index (χ0n) is 11.7. The number of nitrogens with one attached hydrogen (secondary N) is 2. The highest BCUT2D eigenvalue weighted by Gasteiger charge is 2.32. The van der Waals surface area contributed by atoms with E-state index in [9.17, 15) is 4.79 Å². The Morgan fingerprint density at radius 1 is 1.45 bits per heavy atom. The van der Waals surface area contributed by atoms with Crippen molar-refractivity contribution >= 4 is 27.5 Å². The Hall–Kier alpha value is -2.25. The van der Waals surface area contributed by atoms with Crippen molar-refractivity contribution in [3.63, 3.8) is 0 Å². The van der Waals surface area contributed by atoms with Crippen molar-refractivity contribution in [2.45, 2.75) is 18.6 Å². The number of hydrogen-bond donors (Lipinski definition) is 2. The first kappa shape index (κ1) is 13.4. The number of aromatic amines is 1. The molecule has 0 unspecified atom stereocenters. The van der Waals surface area contributed by atoms with Crippen molar-refractivity contribution < 1.29 is 9.53 Å². The summed E-state index contributed by atoms with van der Waals surface area (Å²) in [6, 6.07) is 5.63. The molecule has 4 heterocycles. The van der Waals surface area contributed by atoms with Crippen LogP contribution < -0.4 is 5.32 Å². The maximum Gasteiger partial charge on any atom is 0.253 e. The topological polar surface area (TPSA) is 79.9 Å². The average Bonchev–Trinajstić information content (AvgIpc) is 3.27. The minimum atomic E-state index is -0.176. The minimum absolute atomic E-state index is 0.0630. The van der Waals surface area contributed by atoms with Gasteiger partial charge in [0.15, 0.2) is 0 Å². The molecule has 4 rings (SSSR count). The molecule has 3 aromatic heterocycles. The lowest BCUT2D eigenvalue weighted by Gasteiger charge is -2.18. The Morgan fingerprint density at radius 2 is 2.41 bits per heavy atom. The summed E-state index contributed by atoms with van der Waals surface area (Å²) in [6.07, 6.45) is 3.91. The molecule has 0 spiro atoms. The van der Waals surface area contributed by atoms with Crippen LogP contribution in [-0.2, 0) is 4.74 Å². The first-order valence-corrected chi connectivity index (χ1v) is 7.94. The van der Waals surface area contributed by atoms with E-state index in [1.165, 1.54) is 0 Å². The number of rotatable bonds is 3. The van der Waals surface area contributed by atoms with Crippen LogP contribution in [0.15, 0.2) is 36.0 Å². The SMILES string of the molecule is O=C(N[C@H]1CCO[C@@H]1c1ccn[nH]1)c1cnc2ccsc2c1. The van der Waals surface area contributed by atoms with Gasteiger partial charge in [0.25, 0.3) is 5.91 Å². The minimum Gasteiger partial charge on any atom is -0.370 e. The van der Waals surface area contributed by atoms with E-state index in [0.717, 1.165) is 22.3 Å². The fourth-order valence-electron chi connectivity index (χ4n) is 2.69. The van der Waals surface area contributed by atoms with Gasteiger partial charge in [-0.15, -0.1) is 11.3 Å². The summed E-state index contributed by atoms with van der Waals surface area (Å²) in [5, 5.41) is 11.9. The average molecular weight is 314 g/mol. The molecule has 1 fully saturated rings. The van der Waals surface area contributed by atoms with Crippen LogP contribution in [0.3, 0.4) is 0 Å². The van der Waals surface area contributed by atoms with Gasteiger partial charge in [0, 0.05) is 19.0 Å². The normalized spacial score (nSPS) is 21.3. The number of hydrogen-bond acceptors (Lipinski definition) is 5. The van der Waals surface area contributed by atoms with Crippen LogP contribution in [0.4, 0.5) is 0 Å². The van der Waals surface area contributed by atoms with Crippen LogP contribution in [0.5, 0.6) is 0 Å². The van der Waals surface area contributed by atoms with E-state index in [1.54, 1.807) is 23.7 Å². The van der Waals surface area contributed by atoms with E-state index >= 15 is 0 Å². The number of H-pyrrole nitrogens is 1. The number of amides is 1. The molecule has 6 nitrogen and oxygen atoms in total. The highest BCUT2D eigenvalue weighted by atomic mass is 32.1. The lowest BCUT2D eigenvalue weighted by atomic mass is 10.1. The fourth-order valence-corrected chi connectivity index (χ4v) is 3.47. The summed E-state index contributed by atoms with van der Waals surface area (Å²) in [7, 11) is 0. The first-order valence-electron chi connectivity index (χ1n) is 7.06. The largest absolute Gasteiger partial charge is 0.370 e. The molecular formula is C15H14N4O2S. The summed E-state index contributed by atoms with van der Waals surface area (Å²) < 4.78 is 6.72. The van der Waals surface area contributed by atoms with Crippen molar-refractivity contribution in [1.82, 2.24) is 20.5 Å². The smallest absolute Gasteiger partial charge is 0.253 e. The molecule has 0 aromatic carbocycles. The summed E-state index contributed by atoms with van der Waals surface area (Å²) in [4.78, 5) is 16.8. The second kappa shape index (κ2) is 5.51. The van der Waals surface area contributed by atoms with Gasteiger partial charge in [-0.3, -0.25) is 14.9 Å². The van der Waals surface area contributed by atoms with Gasteiger partial charge in [-0.05, 0) is 30.0 Å². The van der Waals surface area contributed by atoms with Crippen LogP contribution in [0, 0.1) is 0 Å². The van der Waals surface area contributed by atoms with Crippen molar-refractivity contribution in [2.24, 2.45) is 0 Å². The van der Waals surface area contributed by atoms with Gasteiger partial charge in [0.1, 0.15) is 6.10 Å². The maximum atomic E-state index is 12.5. The zero-order chi connectivity index (χ0) is 14.9. The molecule has 22 heavy (non-hydrogen) atoms. The molecule has 1 aliphatic heterocycles. The Balaban J connectivity index is 1.53.